The third-order valence-corrected chi connectivity index (χ3v) is 3.69. The highest BCUT2D eigenvalue weighted by molar-refractivity contribution is 9.10. The van der Waals surface area contributed by atoms with Gasteiger partial charge in [-0.1, -0.05) is 38.1 Å². The molecule has 0 aliphatic carbocycles. The van der Waals surface area contributed by atoms with Crippen molar-refractivity contribution >= 4 is 15.9 Å². The zero-order chi connectivity index (χ0) is 15.2. The number of aliphatic hydroxyl groups is 1. The van der Waals surface area contributed by atoms with E-state index >= 15 is 0 Å². The molecule has 2 aromatic rings. The zero-order valence-electron chi connectivity index (χ0n) is 12.3. The zero-order valence-corrected chi connectivity index (χ0v) is 13.9. The molecule has 0 saturated carbocycles. The Labute approximate surface area is 134 Å². The van der Waals surface area contributed by atoms with Crippen molar-refractivity contribution in [2.45, 2.75) is 33.0 Å². The van der Waals surface area contributed by atoms with Gasteiger partial charge in [0.25, 0.3) is 0 Å². The predicted molar refractivity (Wildman–Crippen MR) is 88.6 cm³/mol. The van der Waals surface area contributed by atoms with Crippen molar-refractivity contribution in [2.75, 3.05) is 0 Å². The number of hydrogen-bond donors (Lipinski definition) is 2. The lowest BCUT2D eigenvalue weighted by Crippen LogP contribution is -2.21. The molecule has 0 spiro atoms. The first-order chi connectivity index (χ1) is 10.1. The first-order valence-electron chi connectivity index (χ1n) is 6.98. The van der Waals surface area contributed by atoms with Crippen molar-refractivity contribution in [3.8, 4) is 11.5 Å². The molecule has 0 aliphatic heterocycles. The molecule has 3 nitrogen and oxygen atoms in total. The summed E-state index contributed by atoms with van der Waals surface area (Å²) in [6, 6.07) is 14.0. The number of rotatable bonds is 6. The van der Waals surface area contributed by atoms with Crippen molar-refractivity contribution in [3.05, 3.63) is 58.1 Å². The summed E-state index contributed by atoms with van der Waals surface area (Å²) in [5.41, 5.74) is 1.97. The highest BCUT2D eigenvalue weighted by Crippen LogP contribution is 2.32. The van der Waals surface area contributed by atoms with Crippen LogP contribution in [0.5, 0.6) is 11.5 Å². The summed E-state index contributed by atoms with van der Waals surface area (Å²) in [6.45, 7) is 5.03. The van der Waals surface area contributed by atoms with Gasteiger partial charge in [-0.05, 0) is 39.7 Å². The van der Waals surface area contributed by atoms with Gasteiger partial charge in [0.1, 0.15) is 11.5 Å². The minimum absolute atomic E-state index is 0.0375. The van der Waals surface area contributed by atoms with Gasteiger partial charge < -0.3 is 15.2 Å². The smallest absolute Gasteiger partial charge is 0.141 e. The van der Waals surface area contributed by atoms with Gasteiger partial charge in [-0.25, -0.2) is 0 Å². The Morgan fingerprint density at radius 2 is 1.90 bits per heavy atom. The molecule has 0 bridgehead atoms. The second-order valence-corrected chi connectivity index (χ2v) is 6.02. The molecule has 0 aromatic heterocycles. The molecule has 2 rings (SSSR count). The SMILES string of the molecule is CC(C)NCc1ccc(Oc2ccccc2CO)c(Br)c1. The Morgan fingerprint density at radius 1 is 1.14 bits per heavy atom. The lowest BCUT2D eigenvalue weighted by molar-refractivity contribution is 0.276. The molecule has 0 heterocycles. The van der Waals surface area contributed by atoms with Crippen LogP contribution in [-0.2, 0) is 13.2 Å². The average molecular weight is 350 g/mol. The number of ether oxygens (including phenoxy) is 1. The van der Waals surface area contributed by atoms with Crippen LogP contribution in [0.1, 0.15) is 25.0 Å². The third kappa shape index (κ3) is 4.56. The molecule has 0 fully saturated rings. The van der Waals surface area contributed by atoms with E-state index in [9.17, 15) is 5.11 Å². The number of halogens is 1. The molecule has 112 valence electrons. The van der Waals surface area contributed by atoms with Crippen LogP contribution in [-0.4, -0.2) is 11.1 Å². The normalized spacial score (nSPS) is 10.9. The number of para-hydroxylation sites is 1. The van der Waals surface area contributed by atoms with Gasteiger partial charge in [0.05, 0.1) is 11.1 Å². The molecule has 0 saturated heterocycles. The largest absolute Gasteiger partial charge is 0.456 e. The maximum absolute atomic E-state index is 9.33. The molecule has 0 amide bonds. The minimum Gasteiger partial charge on any atom is -0.456 e. The van der Waals surface area contributed by atoms with Crippen LogP contribution in [0.3, 0.4) is 0 Å². The quantitative estimate of drug-likeness (QED) is 0.819. The van der Waals surface area contributed by atoms with Crippen LogP contribution in [0.4, 0.5) is 0 Å². The number of benzene rings is 2. The Kier molecular flexibility index (Phi) is 5.79. The molecule has 0 atom stereocenters. The lowest BCUT2D eigenvalue weighted by Gasteiger charge is -2.13. The van der Waals surface area contributed by atoms with E-state index in [2.05, 4.69) is 35.1 Å². The fourth-order valence-electron chi connectivity index (χ4n) is 1.91. The molecule has 0 radical (unpaired) electrons. The van der Waals surface area contributed by atoms with E-state index in [-0.39, 0.29) is 6.61 Å². The van der Waals surface area contributed by atoms with E-state index in [0.717, 1.165) is 22.3 Å². The highest BCUT2D eigenvalue weighted by Gasteiger charge is 2.07. The number of nitrogens with one attached hydrogen (secondary N) is 1. The first kappa shape index (κ1) is 16.0. The van der Waals surface area contributed by atoms with Crippen molar-refractivity contribution in [2.24, 2.45) is 0 Å². The van der Waals surface area contributed by atoms with Gasteiger partial charge in [0.2, 0.25) is 0 Å². The fourth-order valence-corrected chi connectivity index (χ4v) is 2.42. The number of aliphatic hydroxyl groups excluding tert-OH is 1. The summed E-state index contributed by atoms with van der Waals surface area (Å²) in [7, 11) is 0. The molecule has 21 heavy (non-hydrogen) atoms. The Balaban J connectivity index is 2.14. The van der Waals surface area contributed by atoms with E-state index in [1.54, 1.807) is 0 Å². The van der Waals surface area contributed by atoms with Gasteiger partial charge in [-0.15, -0.1) is 0 Å². The molecule has 0 unspecified atom stereocenters. The van der Waals surface area contributed by atoms with Crippen LogP contribution in [0.25, 0.3) is 0 Å². The van der Waals surface area contributed by atoms with Gasteiger partial charge in [-0.3, -0.25) is 0 Å². The van der Waals surface area contributed by atoms with E-state index in [1.807, 2.05) is 42.5 Å². The van der Waals surface area contributed by atoms with Gasteiger partial charge in [-0.2, -0.15) is 0 Å². The average Bonchev–Trinajstić information content (AvgIpc) is 2.48. The molecule has 0 aliphatic rings. The van der Waals surface area contributed by atoms with Crippen molar-refractivity contribution < 1.29 is 9.84 Å². The van der Waals surface area contributed by atoms with Crippen LogP contribution >= 0.6 is 15.9 Å². The molecular formula is C17H20BrNO2. The van der Waals surface area contributed by atoms with E-state index in [4.69, 9.17) is 4.74 Å². The van der Waals surface area contributed by atoms with Crippen LogP contribution < -0.4 is 10.1 Å². The Morgan fingerprint density at radius 3 is 2.57 bits per heavy atom. The van der Waals surface area contributed by atoms with Gasteiger partial charge in [0, 0.05) is 18.2 Å². The third-order valence-electron chi connectivity index (χ3n) is 3.07. The Hall–Kier alpha value is -1.36. The molecule has 2 aromatic carbocycles. The van der Waals surface area contributed by atoms with Crippen molar-refractivity contribution in [1.29, 1.82) is 0 Å². The predicted octanol–water partition coefficient (Wildman–Crippen LogP) is 4.23. The maximum atomic E-state index is 9.33. The van der Waals surface area contributed by atoms with Crippen molar-refractivity contribution in [1.82, 2.24) is 5.32 Å². The lowest BCUT2D eigenvalue weighted by atomic mass is 10.2. The topological polar surface area (TPSA) is 41.5 Å². The summed E-state index contributed by atoms with van der Waals surface area (Å²) in [6.07, 6.45) is 0. The molecular weight excluding hydrogens is 330 g/mol. The van der Waals surface area contributed by atoms with E-state index in [1.165, 1.54) is 5.56 Å². The van der Waals surface area contributed by atoms with Crippen molar-refractivity contribution in [3.63, 3.8) is 0 Å². The van der Waals surface area contributed by atoms with Gasteiger partial charge >= 0.3 is 0 Å². The summed E-state index contributed by atoms with van der Waals surface area (Å²) in [4.78, 5) is 0. The first-order valence-corrected chi connectivity index (χ1v) is 7.78. The summed E-state index contributed by atoms with van der Waals surface area (Å²) in [5.74, 6) is 1.41. The summed E-state index contributed by atoms with van der Waals surface area (Å²) >= 11 is 3.54. The van der Waals surface area contributed by atoms with Crippen LogP contribution in [0.15, 0.2) is 46.9 Å². The minimum atomic E-state index is -0.0375. The summed E-state index contributed by atoms with van der Waals surface area (Å²) < 4.78 is 6.79. The maximum Gasteiger partial charge on any atom is 0.141 e. The second-order valence-electron chi connectivity index (χ2n) is 5.17. The monoisotopic (exact) mass is 349 g/mol. The van der Waals surface area contributed by atoms with Crippen LogP contribution in [0.2, 0.25) is 0 Å². The van der Waals surface area contributed by atoms with E-state index in [0.29, 0.717) is 11.8 Å². The van der Waals surface area contributed by atoms with Crippen LogP contribution in [0, 0.1) is 0 Å². The highest BCUT2D eigenvalue weighted by atomic mass is 79.9. The Bertz CT molecular complexity index is 599. The standard InChI is InChI=1S/C17H20BrNO2/c1-12(2)19-10-13-7-8-17(15(18)9-13)21-16-6-4-3-5-14(16)11-20/h3-9,12,19-20H,10-11H2,1-2H3. The molecule has 4 heteroatoms. The molecule has 2 N–H and O–H groups in total. The second kappa shape index (κ2) is 7.59. The van der Waals surface area contributed by atoms with E-state index < -0.39 is 0 Å². The summed E-state index contributed by atoms with van der Waals surface area (Å²) in [5, 5.41) is 12.7. The fraction of sp³-hybridized carbons (Fsp3) is 0.294. The van der Waals surface area contributed by atoms with Gasteiger partial charge in [0.15, 0.2) is 0 Å². The number of hydrogen-bond acceptors (Lipinski definition) is 3.